The Morgan fingerprint density at radius 2 is 1.79 bits per heavy atom. The highest BCUT2D eigenvalue weighted by molar-refractivity contribution is 6.30. The summed E-state index contributed by atoms with van der Waals surface area (Å²) in [5.74, 6) is 0.768. The number of likely N-dealkylation sites (N-methyl/N-ethyl adjacent to an activating group) is 1. The molecule has 0 aromatic heterocycles. The zero-order valence-corrected chi connectivity index (χ0v) is 25.1. The number of nitrogens with one attached hydrogen (secondary N) is 1. The van der Waals surface area contributed by atoms with E-state index in [1.807, 2.05) is 43.3 Å². The lowest BCUT2D eigenvalue weighted by Crippen LogP contribution is -2.45. The fourth-order valence-corrected chi connectivity index (χ4v) is 5.88. The van der Waals surface area contributed by atoms with Crippen molar-refractivity contribution in [2.24, 2.45) is 0 Å². The van der Waals surface area contributed by atoms with Crippen molar-refractivity contribution in [1.82, 2.24) is 10.2 Å². The van der Waals surface area contributed by atoms with E-state index in [0.717, 1.165) is 29.5 Å². The number of amides is 3. The van der Waals surface area contributed by atoms with Gasteiger partial charge < -0.3 is 24.6 Å². The fourth-order valence-electron chi connectivity index (χ4n) is 5.75. The standard InChI is InChI=1S/C33H36ClN3O5/c1-5-20(2)42-29-19-26-23(17-28(29)41-4)18-30(38)37(31(26)21-8-12-24(34)13-9-21)25-14-10-22(11-15-25)33(40)36-16-6-7-27(36)32(39)35-3/h8-15,17,19-20,27,31H,5-7,16,18H2,1-4H3,(H,35,39)/t20-,27?,31?/m1/s1. The van der Waals surface area contributed by atoms with Crippen LogP contribution >= 0.6 is 11.6 Å². The third-order valence-electron chi connectivity index (χ3n) is 8.13. The Bertz CT molecular complexity index is 1470. The van der Waals surface area contributed by atoms with E-state index >= 15 is 0 Å². The largest absolute Gasteiger partial charge is 0.493 e. The van der Waals surface area contributed by atoms with E-state index < -0.39 is 12.1 Å². The normalized spacial score (nSPS) is 18.8. The molecule has 2 aliphatic heterocycles. The summed E-state index contributed by atoms with van der Waals surface area (Å²) in [6, 6.07) is 17.5. The molecule has 0 spiro atoms. The first-order valence-electron chi connectivity index (χ1n) is 14.3. The number of methoxy groups -OCH3 is 1. The average molecular weight is 590 g/mol. The second kappa shape index (κ2) is 12.4. The highest BCUT2D eigenvalue weighted by Gasteiger charge is 2.37. The predicted octanol–water partition coefficient (Wildman–Crippen LogP) is 5.56. The minimum absolute atomic E-state index is 0.0176. The predicted molar refractivity (Wildman–Crippen MR) is 162 cm³/mol. The lowest BCUT2D eigenvalue weighted by atomic mass is 9.86. The van der Waals surface area contributed by atoms with Gasteiger partial charge in [-0.15, -0.1) is 0 Å². The third-order valence-corrected chi connectivity index (χ3v) is 8.38. The van der Waals surface area contributed by atoms with Gasteiger partial charge in [-0.2, -0.15) is 0 Å². The van der Waals surface area contributed by atoms with E-state index in [4.69, 9.17) is 21.1 Å². The first-order valence-corrected chi connectivity index (χ1v) is 14.7. The molecule has 1 saturated heterocycles. The van der Waals surface area contributed by atoms with Gasteiger partial charge in [0, 0.05) is 29.9 Å². The molecule has 3 aromatic rings. The number of benzene rings is 3. The Balaban J connectivity index is 1.54. The van der Waals surface area contributed by atoms with Crippen molar-refractivity contribution in [3.05, 3.63) is 87.9 Å². The highest BCUT2D eigenvalue weighted by Crippen LogP contribution is 2.44. The van der Waals surface area contributed by atoms with E-state index in [9.17, 15) is 14.4 Å². The first-order chi connectivity index (χ1) is 20.2. The van der Waals surface area contributed by atoms with Crippen LogP contribution in [0.2, 0.25) is 5.02 Å². The number of hydrogen-bond acceptors (Lipinski definition) is 5. The van der Waals surface area contributed by atoms with E-state index in [2.05, 4.69) is 12.2 Å². The molecule has 2 unspecified atom stereocenters. The second-order valence-corrected chi connectivity index (χ2v) is 11.2. The molecule has 8 nitrogen and oxygen atoms in total. The van der Waals surface area contributed by atoms with Crippen LogP contribution in [0.15, 0.2) is 60.7 Å². The first kappa shape index (κ1) is 29.5. The van der Waals surface area contributed by atoms with Crippen molar-refractivity contribution < 1.29 is 23.9 Å². The van der Waals surface area contributed by atoms with Crippen LogP contribution in [0, 0.1) is 0 Å². The second-order valence-electron chi connectivity index (χ2n) is 10.8. The van der Waals surface area contributed by atoms with Crippen LogP contribution < -0.4 is 19.7 Å². The number of nitrogens with zero attached hydrogens (tertiary/aromatic N) is 2. The highest BCUT2D eigenvalue weighted by atomic mass is 35.5. The summed E-state index contributed by atoms with van der Waals surface area (Å²) in [6.07, 6.45) is 2.41. The summed E-state index contributed by atoms with van der Waals surface area (Å²) in [4.78, 5) is 42.9. The summed E-state index contributed by atoms with van der Waals surface area (Å²) in [5.41, 5.74) is 3.81. The number of fused-ring (bicyclic) bond motifs is 1. The number of ether oxygens (including phenoxy) is 2. The Morgan fingerprint density at radius 1 is 1.07 bits per heavy atom. The molecular formula is C33H36ClN3O5. The minimum atomic E-state index is -0.472. The number of carbonyl (C=O) groups excluding carboxylic acids is 3. The zero-order valence-electron chi connectivity index (χ0n) is 24.4. The molecular weight excluding hydrogens is 554 g/mol. The van der Waals surface area contributed by atoms with Crippen LogP contribution in [-0.2, 0) is 16.0 Å². The molecule has 9 heteroatoms. The van der Waals surface area contributed by atoms with Crippen molar-refractivity contribution >= 4 is 35.0 Å². The van der Waals surface area contributed by atoms with Crippen LogP contribution in [0.5, 0.6) is 11.5 Å². The zero-order chi connectivity index (χ0) is 30.0. The minimum Gasteiger partial charge on any atom is -0.493 e. The van der Waals surface area contributed by atoms with Gasteiger partial charge in [0.2, 0.25) is 11.8 Å². The average Bonchev–Trinajstić information content (AvgIpc) is 3.50. The van der Waals surface area contributed by atoms with E-state index in [1.165, 1.54) is 0 Å². The molecule has 3 atom stereocenters. The molecule has 3 aromatic carbocycles. The fraction of sp³-hybridized carbons (Fsp3) is 0.364. The maximum absolute atomic E-state index is 13.8. The maximum atomic E-state index is 13.8. The van der Waals surface area contributed by atoms with Crippen LogP contribution in [-0.4, -0.2) is 55.5 Å². The molecule has 42 heavy (non-hydrogen) atoms. The van der Waals surface area contributed by atoms with E-state index in [1.54, 1.807) is 48.2 Å². The van der Waals surface area contributed by atoms with Crippen LogP contribution in [0.1, 0.15) is 66.2 Å². The van der Waals surface area contributed by atoms with E-state index in [0.29, 0.717) is 40.7 Å². The summed E-state index contributed by atoms with van der Waals surface area (Å²) >= 11 is 6.23. The molecule has 1 fully saturated rings. The molecule has 0 saturated carbocycles. The maximum Gasteiger partial charge on any atom is 0.254 e. The summed E-state index contributed by atoms with van der Waals surface area (Å²) in [5, 5.41) is 3.25. The smallest absolute Gasteiger partial charge is 0.254 e. The van der Waals surface area contributed by atoms with Crippen LogP contribution in [0.25, 0.3) is 0 Å². The number of rotatable bonds is 8. The summed E-state index contributed by atoms with van der Waals surface area (Å²) in [6.45, 7) is 4.60. The molecule has 3 amide bonds. The quantitative estimate of drug-likeness (QED) is 0.372. The molecule has 1 N–H and O–H groups in total. The summed E-state index contributed by atoms with van der Waals surface area (Å²) < 4.78 is 11.9. The van der Waals surface area contributed by atoms with Crippen LogP contribution in [0.3, 0.4) is 0 Å². The SMILES string of the molecule is CC[C@@H](C)Oc1cc2c(cc1OC)CC(=O)N(c1ccc(C(=O)N3CCCC3C(=O)NC)cc1)C2c1ccc(Cl)cc1. The van der Waals surface area contributed by atoms with Crippen LogP contribution in [0.4, 0.5) is 5.69 Å². The monoisotopic (exact) mass is 589 g/mol. The van der Waals surface area contributed by atoms with Gasteiger partial charge in [-0.05, 0) is 91.4 Å². The van der Waals surface area contributed by atoms with Gasteiger partial charge in [0.1, 0.15) is 6.04 Å². The number of anilines is 1. The Kier molecular flexibility index (Phi) is 8.73. The van der Waals surface area contributed by atoms with Crippen molar-refractivity contribution in [2.75, 3.05) is 25.6 Å². The molecule has 0 aliphatic carbocycles. The third kappa shape index (κ3) is 5.68. The van der Waals surface area contributed by atoms with E-state index in [-0.39, 0.29) is 30.2 Å². The van der Waals surface area contributed by atoms with Gasteiger partial charge in [0.05, 0.1) is 25.7 Å². The lowest BCUT2D eigenvalue weighted by molar-refractivity contribution is -0.124. The molecule has 2 aliphatic rings. The molecule has 0 radical (unpaired) electrons. The Hall–Kier alpha value is -4.04. The summed E-state index contributed by atoms with van der Waals surface area (Å²) in [7, 11) is 3.18. The lowest BCUT2D eigenvalue weighted by Gasteiger charge is -2.38. The Labute approximate surface area is 251 Å². The number of carbonyl (C=O) groups is 3. The topological polar surface area (TPSA) is 88.2 Å². The molecule has 220 valence electrons. The van der Waals surface area contributed by atoms with Gasteiger partial charge in [-0.25, -0.2) is 0 Å². The molecule has 2 heterocycles. The Morgan fingerprint density at radius 3 is 2.43 bits per heavy atom. The number of likely N-dealkylation sites (tertiary alicyclic amines) is 1. The van der Waals surface area contributed by atoms with Gasteiger partial charge in [-0.3, -0.25) is 14.4 Å². The van der Waals surface area contributed by atoms with Crippen molar-refractivity contribution in [2.45, 2.75) is 57.7 Å². The molecule has 5 rings (SSSR count). The molecule has 0 bridgehead atoms. The van der Waals surface area contributed by atoms with Crippen molar-refractivity contribution in [3.63, 3.8) is 0 Å². The van der Waals surface area contributed by atoms with Gasteiger partial charge in [0.25, 0.3) is 5.91 Å². The van der Waals surface area contributed by atoms with Gasteiger partial charge in [-0.1, -0.05) is 30.7 Å². The van der Waals surface area contributed by atoms with Crippen molar-refractivity contribution in [3.8, 4) is 11.5 Å². The number of hydrogen-bond donors (Lipinski definition) is 1. The number of halogens is 1. The van der Waals surface area contributed by atoms with Gasteiger partial charge in [0.15, 0.2) is 11.5 Å². The van der Waals surface area contributed by atoms with Gasteiger partial charge >= 0.3 is 0 Å². The van der Waals surface area contributed by atoms with Crippen molar-refractivity contribution in [1.29, 1.82) is 0 Å².